The van der Waals surface area contributed by atoms with Gasteiger partial charge in [-0.05, 0) is 40.2 Å². The predicted octanol–water partition coefficient (Wildman–Crippen LogP) is 1.98. The van der Waals surface area contributed by atoms with Crippen molar-refractivity contribution >= 4 is 11.9 Å². The van der Waals surface area contributed by atoms with Gasteiger partial charge in [0.05, 0.1) is 0 Å². The SMILES string of the molecule is CCNC(=NCC(=O)NCc1ccccc1)NCCN(C(C)C)C(C)C. The van der Waals surface area contributed by atoms with E-state index in [1.165, 1.54) is 0 Å². The summed E-state index contributed by atoms with van der Waals surface area (Å²) in [6, 6.07) is 10.9. The van der Waals surface area contributed by atoms with Crippen molar-refractivity contribution in [3.8, 4) is 0 Å². The van der Waals surface area contributed by atoms with Gasteiger partial charge < -0.3 is 16.0 Å². The maximum Gasteiger partial charge on any atom is 0.242 e. The number of nitrogens with zero attached hydrogens (tertiary/aromatic N) is 2. The fourth-order valence-electron chi connectivity index (χ4n) is 2.76. The second kappa shape index (κ2) is 12.3. The van der Waals surface area contributed by atoms with Gasteiger partial charge in [-0.1, -0.05) is 30.3 Å². The molecule has 0 bridgehead atoms. The van der Waals surface area contributed by atoms with E-state index in [1.807, 2.05) is 37.3 Å². The maximum absolute atomic E-state index is 12.0. The number of carbonyl (C=O) groups is 1. The van der Waals surface area contributed by atoms with Gasteiger partial charge >= 0.3 is 0 Å². The van der Waals surface area contributed by atoms with Crippen LogP contribution in [0.4, 0.5) is 0 Å². The van der Waals surface area contributed by atoms with Gasteiger partial charge in [-0.15, -0.1) is 0 Å². The molecule has 0 atom stereocenters. The molecule has 146 valence electrons. The standard InChI is InChI=1S/C20H35N5O/c1-6-21-20(22-12-13-25(16(2)3)17(4)5)24-15-19(26)23-14-18-10-8-7-9-11-18/h7-11,16-17H,6,12-15H2,1-5H3,(H,23,26)(H2,21,22,24). The molecule has 0 unspecified atom stereocenters. The minimum atomic E-state index is -0.0861. The zero-order valence-corrected chi connectivity index (χ0v) is 16.9. The minimum absolute atomic E-state index is 0.0861. The van der Waals surface area contributed by atoms with E-state index in [0.29, 0.717) is 24.6 Å². The predicted molar refractivity (Wildman–Crippen MR) is 109 cm³/mol. The van der Waals surface area contributed by atoms with Crippen molar-refractivity contribution in [2.24, 2.45) is 4.99 Å². The Hall–Kier alpha value is -2.08. The monoisotopic (exact) mass is 361 g/mol. The van der Waals surface area contributed by atoms with Crippen molar-refractivity contribution in [1.82, 2.24) is 20.9 Å². The number of benzene rings is 1. The lowest BCUT2D eigenvalue weighted by atomic mass is 10.2. The first kappa shape index (κ1) is 22.0. The van der Waals surface area contributed by atoms with Crippen LogP contribution in [-0.4, -0.2) is 55.0 Å². The highest BCUT2D eigenvalue weighted by Gasteiger charge is 2.12. The van der Waals surface area contributed by atoms with E-state index in [1.54, 1.807) is 0 Å². The van der Waals surface area contributed by atoms with Crippen molar-refractivity contribution in [1.29, 1.82) is 0 Å². The molecule has 0 aliphatic heterocycles. The lowest BCUT2D eigenvalue weighted by Crippen LogP contribution is -2.45. The van der Waals surface area contributed by atoms with Crippen molar-refractivity contribution in [3.63, 3.8) is 0 Å². The average molecular weight is 362 g/mol. The molecule has 0 radical (unpaired) electrons. The van der Waals surface area contributed by atoms with Gasteiger partial charge in [-0.3, -0.25) is 9.69 Å². The molecule has 0 saturated carbocycles. The molecule has 0 fully saturated rings. The quantitative estimate of drug-likeness (QED) is 0.440. The van der Waals surface area contributed by atoms with Crippen molar-refractivity contribution < 1.29 is 4.79 Å². The zero-order chi connectivity index (χ0) is 19.4. The summed E-state index contributed by atoms with van der Waals surface area (Å²) in [7, 11) is 0. The Bertz CT molecular complexity index is 534. The number of rotatable bonds is 10. The van der Waals surface area contributed by atoms with Gasteiger partial charge in [-0.25, -0.2) is 4.99 Å². The van der Waals surface area contributed by atoms with Crippen LogP contribution in [0.1, 0.15) is 40.2 Å². The summed E-state index contributed by atoms with van der Waals surface area (Å²) in [6.45, 7) is 13.9. The molecular weight excluding hydrogens is 326 g/mol. The van der Waals surface area contributed by atoms with E-state index < -0.39 is 0 Å². The first-order chi connectivity index (χ1) is 12.4. The molecule has 0 aliphatic rings. The third kappa shape index (κ3) is 8.85. The normalized spacial score (nSPS) is 11.9. The molecular formula is C20H35N5O. The van der Waals surface area contributed by atoms with Crippen LogP contribution in [0.25, 0.3) is 0 Å². The van der Waals surface area contributed by atoms with E-state index in [0.717, 1.165) is 25.2 Å². The third-order valence-corrected chi connectivity index (χ3v) is 4.05. The molecule has 0 aliphatic carbocycles. The molecule has 3 N–H and O–H groups in total. The highest BCUT2D eigenvalue weighted by molar-refractivity contribution is 5.84. The average Bonchev–Trinajstić information content (AvgIpc) is 2.61. The maximum atomic E-state index is 12.0. The van der Waals surface area contributed by atoms with Gasteiger partial charge in [0.15, 0.2) is 5.96 Å². The lowest BCUT2D eigenvalue weighted by molar-refractivity contribution is -0.119. The topological polar surface area (TPSA) is 68.8 Å². The number of hydrogen-bond acceptors (Lipinski definition) is 3. The Morgan fingerprint density at radius 2 is 1.69 bits per heavy atom. The molecule has 6 nitrogen and oxygen atoms in total. The Kier molecular flexibility index (Phi) is 10.4. The van der Waals surface area contributed by atoms with E-state index in [4.69, 9.17) is 0 Å². The van der Waals surface area contributed by atoms with Crippen LogP contribution in [0.15, 0.2) is 35.3 Å². The van der Waals surface area contributed by atoms with Crippen molar-refractivity contribution in [2.75, 3.05) is 26.2 Å². The molecule has 1 aromatic carbocycles. The Morgan fingerprint density at radius 3 is 2.27 bits per heavy atom. The fourth-order valence-corrected chi connectivity index (χ4v) is 2.76. The molecule has 1 amide bonds. The van der Waals surface area contributed by atoms with Crippen LogP contribution in [-0.2, 0) is 11.3 Å². The number of aliphatic imine (C=N–C) groups is 1. The highest BCUT2D eigenvalue weighted by Crippen LogP contribution is 2.03. The second-order valence-electron chi connectivity index (χ2n) is 6.81. The number of guanidine groups is 1. The smallest absolute Gasteiger partial charge is 0.242 e. The van der Waals surface area contributed by atoms with E-state index in [2.05, 4.69) is 53.5 Å². The molecule has 0 spiro atoms. The molecule has 0 heterocycles. The van der Waals surface area contributed by atoms with E-state index >= 15 is 0 Å². The van der Waals surface area contributed by atoms with Gasteiger partial charge in [0.2, 0.25) is 5.91 Å². The summed E-state index contributed by atoms with van der Waals surface area (Å²) >= 11 is 0. The minimum Gasteiger partial charge on any atom is -0.357 e. The summed E-state index contributed by atoms with van der Waals surface area (Å²) in [6.07, 6.45) is 0. The molecule has 0 saturated heterocycles. The molecule has 0 aromatic heterocycles. The number of nitrogens with one attached hydrogen (secondary N) is 3. The number of hydrogen-bond donors (Lipinski definition) is 3. The van der Waals surface area contributed by atoms with Crippen molar-refractivity contribution in [3.05, 3.63) is 35.9 Å². The van der Waals surface area contributed by atoms with Crippen LogP contribution in [0.2, 0.25) is 0 Å². The Balaban J connectivity index is 2.43. The first-order valence-electron chi connectivity index (χ1n) is 9.52. The van der Waals surface area contributed by atoms with Gasteiger partial charge in [0.25, 0.3) is 0 Å². The molecule has 26 heavy (non-hydrogen) atoms. The van der Waals surface area contributed by atoms with Crippen LogP contribution < -0.4 is 16.0 Å². The van der Waals surface area contributed by atoms with Gasteiger partial charge in [-0.2, -0.15) is 0 Å². The zero-order valence-electron chi connectivity index (χ0n) is 16.9. The van der Waals surface area contributed by atoms with E-state index in [9.17, 15) is 4.79 Å². The molecule has 1 aromatic rings. The number of amides is 1. The fraction of sp³-hybridized carbons (Fsp3) is 0.600. The van der Waals surface area contributed by atoms with E-state index in [-0.39, 0.29) is 12.5 Å². The number of carbonyl (C=O) groups excluding carboxylic acids is 1. The summed E-state index contributed by atoms with van der Waals surface area (Å²) in [5.41, 5.74) is 1.08. The molecule has 1 rings (SSSR count). The van der Waals surface area contributed by atoms with Crippen LogP contribution >= 0.6 is 0 Å². The van der Waals surface area contributed by atoms with Crippen LogP contribution in [0.5, 0.6) is 0 Å². The van der Waals surface area contributed by atoms with Crippen LogP contribution in [0, 0.1) is 0 Å². The van der Waals surface area contributed by atoms with Gasteiger partial charge in [0, 0.05) is 38.3 Å². The Labute approximate surface area is 158 Å². The third-order valence-electron chi connectivity index (χ3n) is 4.05. The summed E-state index contributed by atoms with van der Waals surface area (Å²) in [5, 5.41) is 9.38. The lowest BCUT2D eigenvalue weighted by Gasteiger charge is -2.30. The largest absolute Gasteiger partial charge is 0.357 e. The summed E-state index contributed by atoms with van der Waals surface area (Å²) in [4.78, 5) is 18.8. The summed E-state index contributed by atoms with van der Waals surface area (Å²) < 4.78 is 0. The van der Waals surface area contributed by atoms with Crippen LogP contribution in [0.3, 0.4) is 0 Å². The summed E-state index contributed by atoms with van der Waals surface area (Å²) in [5.74, 6) is 0.590. The Morgan fingerprint density at radius 1 is 1.04 bits per heavy atom. The molecule has 6 heteroatoms. The van der Waals surface area contributed by atoms with Gasteiger partial charge in [0.1, 0.15) is 6.54 Å². The first-order valence-corrected chi connectivity index (χ1v) is 9.52. The second-order valence-corrected chi connectivity index (χ2v) is 6.81. The van der Waals surface area contributed by atoms with Crippen molar-refractivity contribution in [2.45, 2.75) is 53.2 Å². The highest BCUT2D eigenvalue weighted by atomic mass is 16.1.